The monoisotopic (exact) mass is 510 g/mol. The molecule has 0 aliphatic carbocycles. The van der Waals surface area contributed by atoms with E-state index in [-0.39, 0.29) is 5.60 Å². The Hall–Kier alpha value is -2.72. The highest BCUT2D eigenvalue weighted by molar-refractivity contribution is 7.82. The largest absolute Gasteiger partial charge is 0.482 e. The second kappa shape index (κ2) is 12.5. The average molecular weight is 511 g/mol. The van der Waals surface area contributed by atoms with Crippen molar-refractivity contribution in [2.45, 2.75) is 44.1 Å². The van der Waals surface area contributed by atoms with E-state index >= 15 is 0 Å². The molecule has 1 fully saturated rings. The Morgan fingerprint density at radius 2 is 1.83 bits per heavy atom. The van der Waals surface area contributed by atoms with Gasteiger partial charge >= 0.3 is 0 Å². The van der Waals surface area contributed by atoms with E-state index in [1.54, 1.807) is 6.26 Å². The Morgan fingerprint density at radius 1 is 1.11 bits per heavy atom. The molecular weight excluding hydrogens is 472 g/mol. The molecule has 2 aromatic rings. The highest BCUT2D eigenvalue weighted by Crippen LogP contribution is 2.42. The Balaban J connectivity index is 1.38. The number of hydrazine groups is 1. The predicted molar refractivity (Wildman–Crippen MR) is 148 cm³/mol. The molecule has 194 valence electrons. The lowest BCUT2D eigenvalue weighted by atomic mass is 9.83. The van der Waals surface area contributed by atoms with Gasteiger partial charge in [-0.2, -0.15) is 0 Å². The van der Waals surface area contributed by atoms with Gasteiger partial charge in [0.25, 0.3) is 0 Å². The quantitative estimate of drug-likeness (QED) is 0.121. The van der Waals surface area contributed by atoms with Crippen LogP contribution in [-0.2, 0) is 11.0 Å². The maximum absolute atomic E-state index is 11.0. The molecule has 0 radical (unpaired) electrons. The van der Waals surface area contributed by atoms with Crippen molar-refractivity contribution < 1.29 is 8.95 Å². The Kier molecular flexibility index (Phi) is 9.14. The fourth-order valence-electron chi connectivity index (χ4n) is 4.74. The van der Waals surface area contributed by atoms with E-state index in [0.717, 1.165) is 80.6 Å². The zero-order chi connectivity index (χ0) is 25.4. The molecule has 4 rings (SSSR count). The van der Waals surface area contributed by atoms with Crippen molar-refractivity contribution in [3.05, 3.63) is 71.3 Å². The van der Waals surface area contributed by atoms with Crippen LogP contribution in [0.25, 0.3) is 5.57 Å². The first-order valence-electron chi connectivity index (χ1n) is 12.7. The number of nitrogens with two attached hydrogens (primary N) is 2. The van der Waals surface area contributed by atoms with Gasteiger partial charge < -0.3 is 15.8 Å². The van der Waals surface area contributed by atoms with Gasteiger partial charge in [0, 0.05) is 36.8 Å². The second-order valence-electron chi connectivity index (χ2n) is 9.46. The summed E-state index contributed by atoms with van der Waals surface area (Å²) in [5.41, 5.74) is 10.3. The SMILES string of the molecule is CS(=O)NCCCCCCN(N)/N=C(\N)c1ccc(C2=CC3(CCNCC3)Oc3ccccc32)cc1. The van der Waals surface area contributed by atoms with Gasteiger partial charge in [-0.15, -0.1) is 5.10 Å². The smallest absolute Gasteiger partial charge is 0.152 e. The van der Waals surface area contributed by atoms with Crippen LogP contribution >= 0.6 is 0 Å². The Bertz CT molecular complexity index is 1100. The number of unbranched alkanes of at least 4 members (excludes halogenated alkanes) is 3. The first-order chi connectivity index (χ1) is 17.5. The molecule has 2 heterocycles. The third kappa shape index (κ3) is 6.94. The lowest BCUT2D eigenvalue weighted by Crippen LogP contribution is -2.46. The molecule has 1 saturated heterocycles. The maximum Gasteiger partial charge on any atom is 0.152 e. The predicted octanol–water partition coefficient (Wildman–Crippen LogP) is 2.87. The summed E-state index contributed by atoms with van der Waals surface area (Å²) in [5, 5.41) is 9.21. The zero-order valence-electron chi connectivity index (χ0n) is 21.0. The molecule has 1 unspecified atom stereocenters. The van der Waals surface area contributed by atoms with Gasteiger partial charge in [0.05, 0.1) is 17.5 Å². The molecule has 0 bridgehead atoms. The normalized spacial score (nSPS) is 17.7. The highest BCUT2D eigenvalue weighted by Gasteiger charge is 2.36. The van der Waals surface area contributed by atoms with Gasteiger partial charge in [0.2, 0.25) is 0 Å². The van der Waals surface area contributed by atoms with E-state index in [1.807, 2.05) is 18.2 Å². The molecule has 8 nitrogen and oxygen atoms in total. The first-order valence-corrected chi connectivity index (χ1v) is 14.3. The third-order valence-electron chi connectivity index (χ3n) is 6.69. The fourth-order valence-corrected chi connectivity index (χ4v) is 5.17. The second-order valence-corrected chi connectivity index (χ2v) is 10.7. The van der Waals surface area contributed by atoms with Gasteiger partial charge in [0.1, 0.15) is 11.4 Å². The summed E-state index contributed by atoms with van der Waals surface area (Å²) in [6, 6.07) is 16.5. The van der Waals surface area contributed by atoms with E-state index in [1.165, 1.54) is 10.7 Å². The molecule has 2 aromatic carbocycles. The number of ether oxygens (including phenoxy) is 1. The van der Waals surface area contributed by atoms with Crippen LogP contribution in [0.3, 0.4) is 0 Å². The van der Waals surface area contributed by atoms with Gasteiger partial charge in [-0.25, -0.2) is 19.9 Å². The van der Waals surface area contributed by atoms with Crippen LogP contribution in [0.2, 0.25) is 0 Å². The molecule has 2 aliphatic rings. The summed E-state index contributed by atoms with van der Waals surface area (Å²) in [7, 11) is -0.942. The van der Waals surface area contributed by atoms with E-state index in [0.29, 0.717) is 12.4 Å². The van der Waals surface area contributed by atoms with Crippen molar-refractivity contribution in [2.24, 2.45) is 16.7 Å². The van der Waals surface area contributed by atoms with E-state index < -0.39 is 11.0 Å². The molecule has 9 heteroatoms. The molecule has 0 saturated carbocycles. The molecule has 0 aromatic heterocycles. The minimum atomic E-state index is -0.942. The van der Waals surface area contributed by atoms with Crippen LogP contribution in [-0.4, -0.2) is 53.2 Å². The molecular formula is C27H38N6O2S. The number of rotatable bonds is 11. The van der Waals surface area contributed by atoms with Crippen LogP contribution in [0.1, 0.15) is 55.2 Å². The van der Waals surface area contributed by atoms with Crippen LogP contribution < -0.4 is 26.4 Å². The minimum absolute atomic E-state index is 0.264. The lowest BCUT2D eigenvalue weighted by molar-refractivity contribution is 0.0817. The van der Waals surface area contributed by atoms with Gasteiger partial charge in [-0.1, -0.05) is 55.3 Å². The van der Waals surface area contributed by atoms with E-state index in [4.69, 9.17) is 16.3 Å². The standard InChI is InChI=1S/C27H38N6O2S/c1-36(34)31-16-6-2-3-7-19-33(29)32-26(28)22-12-10-21(11-13-22)24-20-27(14-17-30-18-15-27)35-25-9-5-4-8-23(24)25/h4-5,8-13,20,30-31H,2-3,6-7,14-19,29H2,1H3,(H2,28,32). The van der Waals surface area contributed by atoms with E-state index in [9.17, 15) is 4.21 Å². The lowest BCUT2D eigenvalue weighted by Gasteiger charge is -2.40. The summed E-state index contributed by atoms with van der Waals surface area (Å²) in [5.74, 6) is 7.40. The number of hydrogen-bond donors (Lipinski definition) is 4. The van der Waals surface area contributed by atoms with Gasteiger partial charge in [0.15, 0.2) is 5.84 Å². The maximum atomic E-state index is 11.0. The Morgan fingerprint density at radius 3 is 2.58 bits per heavy atom. The third-order valence-corrected chi connectivity index (χ3v) is 7.31. The van der Waals surface area contributed by atoms with Crippen LogP contribution in [0.15, 0.2) is 59.7 Å². The summed E-state index contributed by atoms with van der Waals surface area (Å²) >= 11 is 0. The summed E-state index contributed by atoms with van der Waals surface area (Å²) < 4.78 is 20.4. The number of hydrazone groups is 1. The van der Waals surface area contributed by atoms with Crippen molar-refractivity contribution >= 4 is 22.4 Å². The summed E-state index contributed by atoms with van der Waals surface area (Å²) in [6.07, 6.45) is 9.86. The number of para-hydroxylation sites is 1. The fraction of sp³-hybridized carbons (Fsp3) is 0.444. The number of amidine groups is 1. The van der Waals surface area contributed by atoms with Crippen molar-refractivity contribution in [2.75, 3.05) is 32.4 Å². The van der Waals surface area contributed by atoms with Crippen LogP contribution in [0.5, 0.6) is 5.75 Å². The number of hydrogen-bond acceptors (Lipinski definition) is 6. The molecule has 36 heavy (non-hydrogen) atoms. The van der Waals surface area contributed by atoms with Crippen molar-refractivity contribution in [1.82, 2.24) is 15.2 Å². The molecule has 1 spiro atoms. The summed E-state index contributed by atoms with van der Waals surface area (Å²) in [4.78, 5) is 0. The van der Waals surface area contributed by atoms with Gasteiger partial charge in [-0.05, 0) is 49.2 Å². The van der Waals surface area contributed by atoms with Crippen molar-refractivity contribution in [3.63, 3.8) is 0 Å². The minimum Gasteiger partial charge on any atom is -0.482 e. The van der Waals surface area contributed by atoms with Crippen molar-refractivity contribution in [1.29, 1.82) is 0 Å². The van der Waals surface area contributed by atoms with Gasteiger partial charge in [-0.3, -0.25) is 0 Å². The number of piperidine rings is 1. The molecule has 2 aliphatic heterocycles. The first kappa shape index (κ1) is 26.3. The molecule has 0 amide bonds. The van der Waals surface area contributed by atoms with Crippen LogP contribution in [0.4, 0.5) is 0 Å². The topological polar surface area (TPSA) is 118 Å². The number of nitrogens with zero attached hydrogens (tertiary/aromatic N) is 2. The Labute approximate surface area is 216 Å². The van der Waals surface area contributed by atoms with Crippen molar-refractivity contribution in [3.8, 4) is 5.75 Å². The molecule has 6 N–H and O–H groups in total. The zero-order valence-corrected chi connectivity index (χ0v) is 21.9. The van der Waals surface area contributed by atoms with E-state index in [2.05, 4.69) is 51.5 Å². The summed E-state index contributed by atoms with van der Waals surface area (Å²) in [6.45, 7) is 3.30. The molecule has 1 atom stereocenters. The number of nitrogens with one attached hydrogen (secondary N) is 2. The van der Waals surface area contributed by atoms with Crippen LogP contribution in [0, 0.1) is 0 Å². The number of benzene rings is 2. The number of fused-ring (bicyclic) bond motifs is 1. The highest BCUT2D eigenvalue weighted by atomic mass is 32.2. The average Bonchev–Trinajstić information content (AvgIpc) is 2.88.